The van der Waals surface area contributed by atoms with Gasteiger partial charge in [-0.25, -0.2) is 9.50 Å². The molecule has 1 amide bonds. The number of hydrogen-bond donors (Lipinski definition) is 1. The first-order chi connectivity index (χ1) is 15.3. The van der Waals surface area contributed by atoms with Gasteiger partial charge >= 0.3 is 0 Å². The minimum Gasteiger partial charge on any atom is -0.351 e. The normalized spacial score (nSPS) is 11.0. The van der Waals surface area contributed by atoms with Crippen molar-refractivity contribution in [3.8, 4) is 22.3 Å². The first kappa shape index (κ1) is 19.1. The van der Waals surface area contributed by atoms with Gasteiger partial charge in [-0.15, -0.1) is 11.3 Å². The molecular formula is C24H19N5OS. The highest BCUT2D eigenvalue weighted by Crippen LogP contribution is 2.28. The van der Waals surface area contributed by atoms with Gasteiger partial charge in [0, 0.05) is 42.5 Å². The molecule has 0 bridgehead atoms. The van der Waals surface area contributed by atoms with Crippen LogP contribution in [0.15, 0.2) is 84.9 Å². The van der Waals surface area contributed by atoms with E-state index in [9.17, 15) is 4.79 Å². The van der Waals surface area contributed by atoms with Gasteiger partial charge in [-0.2, -0.15) is 5.10 Å². The Labute approximate surface area is 183 Å². The number of thiophene rings is 1. The standard InChI is InChI=1S/C24H19N5OS/c30-24(26-10-8-17-5-4-9-25-12-17)22-11-19(16-31-22)20-13-27-23-21(14-28-29(23)15-20)18-6-2-1-3-7-18/h1-7,9,11-16H,8,10H2,(H,26,30). The van der Waals surface area contributed by atoms with Crippen LogP contribution in [-0.4, -0.2) is 32.0 Å². The molecule has 152 valence electrons. The third kappa shape index (κ3) is 4.08. The highest BCUT2D eigenvalue weighted by molar-refractivity contribution is 7.12. The SMILES string of the molecule is O=C(NCCc1cccnc1)c1cc(-c2cnc3c(-c4ccccc4)cnn3c2)cs1. The first-order valence-electron chi connectivity index (χ1n) is 9.93. The topological polar surface area (TPSA) is 72.2 Å². The molecule has 0 aliphatic carbocycles. The average molecular weight is 426 g/mol. The summed E-state index contributed by atoms with van der Waals surface area (Å²) in [6, 6.07) is 15.9. The van der Waals surface area contributed by atoms with E-state index < -0.39 is 0 Å². The molecular weight excluding hydrogens is 406 g/mol. The van der Waals surface area contributed by atoms with Crippen LogP contribution in [0.5, 0.6) is 0 Å². The van der Waals surface area contributed by atoms with Crippen LogP contribution in [0.4, 0.5) is 0 Å². The van der Waals surface area contributed by atoms with E-state index in [0.29, 0.717) is 11.4 Å². The average Bonchev–Trinajstić information content (AvgIpc) is 3.47. The van der Waals surface area contributed by atoms with E-state index in [2.05, 4.69) is 20.4 Å². The van der Waals surface area contributed by atoms with E-state index in [1.54, 1.807) is 10.7 Å². The van der Waals surface area contributed by atoms with E-state index in [1.165, 1.54) is 11.3 Å². The van der Waals surface area contributed by atoms with Crippen molar-refractivity contribution in [3.63, 3.8) is 0 Å². The summed E-state index contributed by atoms with van der Waals surface area (Å²) in [5.74, 6) is -0.0698. The lowest BCUT2D eigenvalue weighted by atomic mass is 10.1. The maximum absolute atomic E-state index is 12.5. The fourth-order valence-electron chi connectivity index (χ4n) is 3.41. The number of fused-ring (bicyclic) bond motifs is 1. The Morgan fingerprint density at radius 1 is 1.00 bits per heavy atom. The number of amides is 1. The van der Waals surface area contributed by atoms with Gasteiger partial charge in [0.05, 0.1) is 11.1 Å². The van der Waals surface area contributed by atoms with Crippen molar-refractivity contribution in [3.05, 3.63) is 95.3 Å². The van der Waals surface area contributed by atoms with Crippen LogP contribution < -0.4 is 5.32 Å². The predicted molar refractivity (Wildman–Crippen MR) is 122 cm³/mol. The summed E-state index contributed by atoms with van der Waals surface area (Å²) in [7, 11) is 0. The van der Waals surface area contributed by atoms with Crippen molar-refractivity contribution < 1.29 is 4.79 Å². The molecule has 1 N–H and O–H groups in total. The van der Waals surface area contributed by atoms with Crippen molar-refractivity contribution in [2.24, 2.45) is 0 Å². The van der Waals surface area contributed by atoms with Gasteiger partial charge in [0.15, 0.2) is 5.65 Å². The number of aromatic nitrogens is 4. The Morgan fingerprint density at radius 3 is 2.74 bits per heavy atom. The molecule has 0 saturated heterocycles. The van der Waals surface area contributed by atoms with Crippen LogP contribution in [-0.2, 0) is 6.42 Å². The summed E-state index contributed by atoms with van der Waals surface area (Å²) in [6.07, 6.45) is 9.92. The fraction of sp³-hybridized carbons (Fsp3) is 0.0833. The van der Waals surface area contributed by atoms with Crippen LogP contribution in [0.1, 0.15) is 15.2 Å². The maximum Gasteiger partial charge on any atom is 0.261 e. The number of benzene rings is 1. The molecule has 0 atom stereocenters. The lowest BCUT2D eigenvalue weighted by molar-refractivity contribution is 0.0958. The minimum absolute atomic E-state index is 0.0698. The Kier molecular flexibility index (Phi) is 5.24. The number of hydrogen-bond acceptors (Lipinski definition) is 5. The van der Waals surface area contributed by atoms with Crippen LogP contribution >= 0.6 is 11.3 Å². The summed E-state index contributed by atoms with van der Waals surface area (Å²) in [6.45, 7) is 0.570. The molecule has 7 heteroatoms. The molecule has 5 aromatic rings. The largest absolute Gasteiger partial charge is 0.351 e. The summed E-state index contributed by atoms with van der Waals surface area (Å²) in [4.78, 5) is 21.9. The number of pyridine rings is 1. The molecule has 0 aliphatic rings. The highest BCUT2D eigenvalue weighted by Gasteiger charge is 2.13. The maximum atomic E-state index is 12.5. The van der Waals surface area contributed by atoms with E-state index >= 15 is 0 Å². The van der Waals surface area contributed by atoms with Crippen LogP contribution in [0, 0.1) is 0 Å². The van der Waals surface area contributed by atoms with Gasteiger partial charge in [-0.3, -0.25) is 9.78 Å². The highest BCUT2D eigenvalue weighted by atomic mass is 32.1. The smallest absolute Gasteiger partial charge is 0.261 e. The van der Waals surface area contributed by atoms with Crippen molar-refractivity contribution in [1.29, 1.82) is 0 Å². The second kappa shape index (κ2) is 8.49. The summed E-state index contributed by atoms with van der Waals surface area (Å²) in [5, 5.41) is 9.41. The van der Waals surface area contributed by atoms with Crippen molar-refractivity contribution >= 4 is 22.9 Å². The van der Waals surface area contributed by atoms with E-state index in [-0.39, 0.29) is 5.91 Å². The zero-order valence-corrected chi connectivity index (χ0v) is 17.4. The lowest BCUT2D eigenvalue weighted by Gasteiger charge is -2.03. The molecule has 0 fully saturated rings. The van der Waals surface area contributed by atoms with E-state index in [4.69, 9.17) is 0 Å². The zero-order valence-electron chi connectivity index (χ0n) is 16.6. The number of rotatable bonds is 6. The number of nitrogens with zero attached hydrogens (tertiary/aromatic N) is 4. The second-order valence-corrected chi connectivity index (χ2v) is 8.01. The van der Waals surface area contributed by atoms with Gasteiger partial charge in [0.2, 0.25) is 0 Å². The minimum atomic E-state index is -0.0698. The Hall–Kier alpha value is -3.84. The van der Waals surface area contributed by atoms with Gasteiger partial charge in [-0.1, -0.05) is 36.4 Å². The van der Waals surface area contributed by atoms with Gasteiger partial charge in [0.25, 0.3) is 5.91 Å². The Balaban J connectivity index is 1.30. The van der Waals surface area contributed by atoms with E-state index in [1.807, 2.05) is 78.7 Å². The summed E-state index contributed by atoms with van der Waals surface area (Å²) >= 11 is 1.42. The zero-order chi connectivity index (χ0) is 21.0. The monoisotopic (exact) mass is 425 g/mol. The number of nitrogens with one attached hydrogen (secondary N) is 1. The Morgan fingerprint density at radius 2 is 1.90 bits per heavy atom. The van der Waals surface area contributed by atoms with Crippen LogP contribution in [0.2, 0.25) is 0 Å². The van der Waals surface area contributed by atoms with Gasteiger partial charge < -0.3 is 5.32 Å². The first-order valence-corrected chi connectivity index (χ1v) is 10.8. The quantitative estimate of drug-likeness (QED) is 0.435. The van der Waals surface area contributed by atoms with E-state index in [0.717, 1.165) is 39.9 Å². The molecule has 4 aromatic heterocycles. The van der Waals surface area contributed by atoms with Gasteiger partial charge in [-0.05, 0) is 40.6 Å². The third-order valence-corrected chi connectivity index (χ3v) is 5.95. The van der Waals surface area contributed by atoms with Crippen LogP contribution in [0.25, 0.3) is 27.9 Å². The molecule has 1 aromatic carbocycles. The molecule has 0 saturated carbocycles. The molecule has 4 heterocycles. The summed E-state index contributed by atoms with van der Waals surface area (Å²) in [5.41, 5.74) is 5.85. The summed E-state index contributed by atoms with van der Waals surface area (Å²) < 4.78 is 1.78. The molecule has 0 spiro atoms. The van der Waals surface area contributed by atoms with Crippen molar-refractivity contribution in [2.75, 3.05) is 6.54 Å². The fourth-order valence-corrected chi connectivity index (χ4v) is 4.24. The number of carbonyl (C=O) groups excluding carboxylic acids is 1. The molecule has 5 rings (SSSR count). The molecule has 0 unspecified atom stereocenters. The Bertz CT molecular complexity index is 1330. The lowest BCUT2D eigenvalue weighted by Crippen LogP contribution is -2.24. The molecule has 0 aliphatic heterocycles. The predicted octanol–water partition coefficient (Wildman–Crippen LogP) is 4.49. The third-order valence-electron chi connectivity index (χ3n) is 5.02. The van der Waals surface area contributed by atoms with Crippen LogP contribution in [0.3, 0.4) is 0 Å². The molecule has 31 heavy (non-hydrogen) atoms. The molecule has 0 radical (unpaired) electrons. The molecule has 6 nitrogen and oxygen atoms in total. The number of carbonyl (C=O) groups is 1. The van der Waals surface area contributed by atoms with Crippen molar-refractivity contribution in [1.82, 2.24) is 24.9 Å². The van der Waals surface area contributed by atoms with Gasteiger partial charge in [0.1, 0.15) is 0 Å². The van der Waals surface area contributed by atoms with Crippen molar-refractivity contribution in [2.45, 2.75) is 6.42 Å². The second-order valence-electron chi connectivity index (χ2n) is 7.10.